The number of carbonyl (C=O) groups is 2. The van der Waals surface area contributed by atoms with Gasteiger partial charge < -0.3 is 10.1 Å². The normalized spacial score (nSPS) is 41.4. The number of likely N-dealkylation sites (tertiary alicyclic amines) is 1. The number of fused-ring (bicyclic) bond motifs is 1. The number of nitrogens with zero attached hydrogens (tertiary/aromatic N) is 1. The van der Waals surface area contributed by atoms with Gasteiger partial charge in [-0.15, -0.1) is 0 Å². The van der Waals surface area contributed by atoms with E-state index in [4.69, 9.17) is 4.74 Å². The molecular weight excluding hydrogens is 220 g/mol. The minimum Gasteiger partial charge on any atom is -0.378 e. The summed E-state index contributed by atoms with van der Waals surface area (Å²) in [5.74, 6) is -0.0114. The Balaban J connectivity index is 1.84. The van der Waals surface area contributed by atoms with Crippen molar-refractivity contribution in [2.45, 2.75) is 31.4 Å². The summed E-state index contributed by atoms with van der Waals surface area (Å²) in [5.41, 5.74) is 0. The molecule has 94 valence electrons. The smallest absolute Gasteiger partial charge is 0.233 e. The third-order valence-corrected chi connectivity index (χ3v) is 4.39. The molecule has 3 rings (SSSR count). The molecule has 0 aromatic heterocycles. The lowest BCUT2D eigenvalue weighted by atomic mass is 10.00. The van der Waals surface area contributed by atoms with Crippen molar-refractivity contribution in [1.82, 2.24) is 10.2 Å². The van der Waals surface area contributed by atoms with Crippen LogP contribution < -0.4 is 5.32 Å². The van der Waals surface area contributed by atoms with E-state index in [-0.39, 0.29) is 35.8 Å². The zero-order valence-electron chi connectivity index (χ0n) is 10.0. The van der Waals surface area contributed by atoms with Crippen LogP contribution in [-0.4, -0.2) is 49.1 Å². The quantitative estimate of drug-likeness (QED) is 0.674. The lowest BCUT2D eigenvalue weighted by Gasteiger charge is -2.27. The lowest BCUT2D eigenvalue weighted by Crippen LogP contribution is -2.48. The van der Waals surface area contributed by atoms with Crippen LogP contribution in [0.4, 0.5) is 0 Å². The van der Waals surface area contributed by atoms with Gasteiger partial charge >= 0.3 is 0 Å². The standard InChI is InChI=1S/C12H18N2O3/c1-17-10-6-13-5-9(10)14-11(15)7-3-2-4-8(7)12(14)16/h7-10,13H,2-6H2,1H3/t7?,8?,9?,10-/m0/s1. The highest BCUT2D eigenvalue weighted by Gasteiger charge is 2.53. The summed E-state index contributed by atoms with van der Waals surface area (Å²) in [5, 5.41) is 3.19. The van der Waals surface area contributed by atoms with Crippen LogP contribution in [0.2, 0.25) is 0 Å². The molecule has 4 atom stereocenters. The zero-order chi connectivity index (χ0) is 12.0. The fourth-order valence-electron chi connectivity index (χ4n) is 3.48. The fourth-order valence-corrected chi connectivity index (χ4v) is 3.48. The van der Waals surface area contributed by atoms with Crippen LogP contribution in [0.15, 0.2) is 0 Å². The van der Waals surface area contributed by atoms with Gasteiger partial charge in [-0.05, 0) is 12.8 Å². The van der Waals surface area contributed by atoms with E-state index in [0.29, 0.717) is 13.1 Å². The molecule has 3 unspecified atom stereocenters. The van der Waals surface area contributed by atoms with Gasteiger partial charge in [0.1, 0.15) is 0 Å². The number of carbonyl (C=O) groups excluding carboxylic acids is 2. The minimum absolute atomic E-state index is 0.0354. The van der Waals surface area contributed by atoms with E-state index in [2.05, 4.69) is 5.32 Å². The van der Waals surface area contributed by atoms with E-state index in [9.17, 15) is 9.59 Å². The molecule has 1 saturated carbocycles. The predicted octanol–water partition coefficient (Wildman–Crippen LogP) is -0.242. The van der Waals surface area contributed by atoms with Crippen LogP contribution >= 0.6 is 0 Å². The molecular formula is C12H18N2O3. The summed E-state index contributed by atoms with van der Waals surface area (Å²) in [6.45, 7) is 1.38. The van der Waals surface area contributed by atoms with Crippen molar-refractivity contribution >= 4 is 11.8 Å². The zero-order valence-corrected chi connectivity index (χ0v) is 10.0. The molecule has 0 bridgehead atoms. The molecule has 1 aliphatic carbocycles. The number of nitrogens with one attached hydrogen (secondary N) is 1. The molecule has 17 heavy (non-hydrogen) atoms. The number of rotatable bonds is 2. The van der Waals surface area contributed by atoms with E-state index in [1.54, 1.807) is 7.11 Å². The van der Waals surface area contributed by atoms with E-state index in [1.165, 1.54) is 4.90 Å². The fraction of sp³-hybridized carbons (Fsp3) is 0.833. The van der Waals surface area contributed by atoms with Gasteiger partial charge in [-0.3, -0.25) is 14.5 Å². The van der Waals surface area contributed by atoms with Crippen LogP contribution in [0.25, 0.3) is 0 Å². The van der Waals surface area contributed by atoms with Crippen LogP contribution in [-0.2, 0) is 14.3 Å². The second-order valence-electron chi connectivity index (χ2n) is 5.19. The monoisotopic (exact) mass is 238 g/mol. The summed E-state index contributed by atoms with van der Waals surface area (Å²) < 4.78 is 5.35. The van der Waals surface area contributed by atoms with Crippen LogP contribution in [0.5, 0.6) is 0 Å². The third kappa shape index (κ3) is 1.52. The topological polar surface area (TPSA) is 58.6 Å². The van der Waals surface area contributed by atoms with Gasteiger partial charge in [-0.2, -0.15) is 0 Å². The van der Waals surface area contributed by atoms with Gasteiger partial charge in [0.2, 0.25) is 11.8 Å². The molecule has 0 aromatic carbocycles. The highest BCUT2D eigenvalue weighted by atomic mass is 16.5. The van der Waals surface area contributed by atoms with Crippen molar-refractivity contribution in [2.75, 3.05) is 20.2 Å². The molecule has 2 amide bonds. The first kappa shape index (κ1) is 11.2. The average Bonchev–Trinajstić information content (AvgIpc) is 3.00. The molecule has 0 spiro atoms. The van der Waals surface area contributed by atoms with Crippen LogP contribution in [0, 0.1) is 11.8 Å². The summed E-state index contributed by atoms with van der Waals surface area (Å²) in [6.07, 6.45) is 2.71. The molecule has 1 N–H and O–H groups in total. The average molecular weight is 238 g/mol. The Kier molecular flexibility index (Phi) is 2.67. The van der Waals surface area contributed by atoms with E-state index >= 15 is 0 Å². The number of methoxy groups -OCH3 is 1. The number of ether oxygens (including phenoxy) is 1. The maximum absolute atomic E-state index is 12.3. The first-order valence-electron chi connectivity index (χ1n) is 6.34. The molecule has 3 aliphatic rings. The first-order chi connectivity index (χ1) is 8.24. The Bertz CT molecular complexity index is 336. The Labute approximate surface area is 100 Å². The molecule has 5 nitrogen and oxygen atoms in total. The minimum atomic E-state index is -0.106. The van der Waals surface area contributed by atoms with Gasteiger partial charge in [0.15, 0.2) is 0 Å². The molecule has 0 aromatic rings. The Morgan fingerprint density at radius 3 is 2.41 bits per heavy atom. The second kappa shape index (κ2) is 4.07. The predicted molar refractivity (Wildman–Crippen MR) is 60.1 cm³/mol. The van der Waals surface area contributed by atoms with Crippen LogP contribution in [0.1, 0.15) is 19.3 Å². The number of hydrogen-bond acceptors (Lipinski definition) is 4. The van der Waals surface area contributed by atoms with Gasteiger partial charge in [0.25, 0.3) is 0 Å². The maximum atomic E-state index is 12.3. The molecule has 2 heterocycles. The van der Waals surface area contributed by atoms with Crippen molar-refractivity contribution in [1.29, 1.82) is 0 Å². The van der Waals surface area contributed by atoms with Gasteiger partial charge in [0.05, 0.1) is 24.0 Å². The SMILES string of the molecule is CO[C@H]1CNCC1N1C(=O)C2CCCC2C1=O. The van der Waals surface area contributed by atoms with E-state index < -0.39 is 0 Å². The van der Waals surface area contributed by atoms with Crippen LogP contribution in [0.3, 0.4) is 0 Å². The molecule has 2 saturated heterocycles. The highest BCUT2D eigenvalue weighted by Crippen LogP contribution is 2.41. The van der Waals surface area contributed by atoms with E-state index in [1.807, 2.05) is 0 Å². The summed E-state index contributed by atoms with van der Waals surface area (Å²) >= 11 is 0. The molecule has 5 heteroatoms. The van der Waals surface area contributed by atoms with Gasteiger partial charge in [-0.25, -0.2) is 0 Å². The second-order valence-corrected chi connectivity index (χ2v) is 5.19. The molecule has 2 aliphatic heterocycles. The maximum Gasteiger partial charge on any atom is 0.233 e. The molecule has 3 fully saturated rings. The summed E-state index contributed by atoms with van der Waals surface area (Å²) in [6, 6.07) is -0.106. The molecule has 0 radical (unpaired) electrons. The van der Waals surface area contributed by atoms with Crippen molar-refractivity contribution in [3.8, 4) is 0 Å². The van der Waals surface area contributed by atoms with Crippen molar-refractivity contribution in [3.05, 3.63) is 0 Å². The highest BCUT2D eigenvalue weighted by molar-refractivity contribution is 6.05. The summed E-state index contributed by atoms with van der Waals surface area (Å²) in [4.78, 5) is 26.0. The third-order valence-electron chi connectivity index (χ3n) is 4.39. The Morgan fingerprint density at radius 2 is 1.82 bits per heavy atom. The van der Waals surface area contributed by atoms with Gasteiger partial charge in [0, 0.05) is 20.2 Å². The van der Waals surface area contributed by atoms with Gasteiger partial charge in [-0.1, -0.05) is 6.42 Å². The van der Waals surface area contributed by atoms with Crippen molar-refractivity contribution < 1.29 is 14.3 Å². The lowest BCUT2D eigenvalue weighted by molar-refractivity contribution is -0.145. The number of hydrogen-bond donors (Lipinski definition) is 1. The van der Waals surface area contributed by atoms with Crippen molar-refractivity contribution in [2.24, 2.45) is 11.8 Å². The van der Waals surface area contributed by atoms with Crippen molar-refractivity contribution in [3.63, 3.8) is 0 Å². The largest absolute Gasteiger partial charge is 0.378 e. The number of amides is 2. The Hall–Kier alpha value is -0.940. The summed E-state index contributed by atoms with van der Waals surface area (Å²) in [7, 11) is 1.64. The Morgan fingerprint density at radius 1 is 1.18 bits per heavy atom. The first-order valence-corrected chi connectivity index (χ1v) is 6.34. The number of imide groups is 1. The van der Waals surface area contributed by atoms with E-state index in [0.717, 1.165) is 19.3 Å².